The first-order valence-electron chi connectivity index (χ1n) is 10.9. The van der Waals surface area contributed by atoms with Crippen LogP contribution >= 0.6 is 0 Å². The van der Waals surface area contributed by atoms with Crippen molar-refractivity contribution in [3.05, 3.63) is 41.2 Å². The van der Waals surface area contributed by atoms with Crippen LogP contribution in [0.4, 0.5) is 4.79 Å². The molecule has 2 amide bonds. The highest BCUT2D eigenvalue weighted by atomic mass is 16.6. The van der Waals surface area contributed by atoms with Gasteiger partial charge >= 0.3 is 6.09 Å². The molecule has 3 atom stereocenters. The molecule has 32 heavy (non-hydrogen) atoms. The predicted octanol–water partition coefficient (Wildman–Crippen LogP) is 1.43. The first-order chi connectivity index (χ1) is 15.4. The van der Waals surface area contributed by atoms with Crippen LogP contribution in [0.2, 0.25) is 0 Å². The number of nitrogens with zero attached hydrogens (tertiary/aromatic N) is 4. The lowest BCUT2D eigenvalue weighted by Gasteiger charge is -2.35. The maximum absolute atomic E-state index is 13.4. The van der Waals surface area contributed by atoms with Gasteiger partial charge in [0.15, 0.2) is 5.69 Å². The number of rotatable bonds is 7. The first-order valence-corrected chi connectivity index (χ1v) is 10.9. The number of ether oxygens (including phenoxy) is 3. The van der Waals surface area contributed by atoms with Gasteiger partial charge in [0.2, 0.25) is 0 Å². The van der Waals surface area contributed by atoms with E-state index in [0.29, 0.717) is 38.2 Å². The van der Waals surface area contributed by atoms with Crippen molar-refractivity contribution in [2.75, 3.05) is 26.8 Å². The summed E-state index contributed by atoms with van der Waals surface area (Å²) in [6, 6.07) is 7.63. The molecule has 0 radical (unpaired) electrons. The van der Waals surface area contributed by atoms with E-state index in [9.17, 15) is 9.59 Å². The minimum atomic E-state index is -0.442. The van der Waals surface area contributed by atoms with Gasteiger partial charge in [-0.15, -0.1) is 5.10 Å². The van der Waals surface area contributed by atoms with Gasteiger partial charge < -0.3 is 24.4 Å². The van der Waals surface area contributed by atoms with Crippen LogP contribution in [0.5, 0.6) is 5.75 Å². The minimum Gasteiger partial charge on any atom is -0.497 e. The van der Waals surface area contributed by atoms with E-state index in [1.165, 1.54) is 0 Å². The maximum atomic E-state index is 13.4. The molecule has 0 saturated carbocycles. The number of carbonyl (C=O) groups is 2. The van der Waals surface area contributed by atoms with Gasteiger partial charge in [0.1, 0.15) is 12.4 Å². The Morgan fingerprint density at radius 1 is 1.19 bits per heavy atom. The van der Waals surface area contributed by atoms with Crippen molar-refractivity contribution in [3.8, 4) is 5.75 Å². The van der Waals surface area contributed by atoms with E-state index < -0.39 is 6.09 Å². The number of alkyl carbamates (subject to hydrolysis) is 1. The molecule has 2 aliphatic heterocycles. The highest BCUT2D eigenvalue weighted by molar-refractivity contribution is 5.93. The molecule has 1 unspecified atom stereocenters. The van der Waals surface area contributed by atoms with Crippen LogP contribution in [-0.2, 0) is 28.9 Å². The van der Waals surface area contributed by atoms with Crippen molar-refractivity contribution in [3.63, 3.8) is 0 Å². The summed E-state index contributed by atoms with van der Waals surface area (Å²) < 4.78 is 17.7. The Bertz CT molecular complexity index is 950. The van der Waals surface area contributed by atoms with Crippen LogP contribution in [-0.4, -0.2) is 77.0 Å². The fourth-order valence-electron chi connectivity index (χ4n) is 4.17. The molecule has 2 aliphatic rings. The highest BCUT2D eigenvalue weighted by Gasteiger charge is 2.31. The van der Waals surface area contributed by atoms with Gasteiger partial charge in [0.05, 0.1) is 37.6 Å². The Kier molecular flexibility index (Phi) is 6.59. The molecule has 2 fully saturated rings. The second-order valence-electron chi connectivity index (χ2n) is 8.32. The zero-order chi connectivity index (χ0) is 22.7. The van der Waals surface area contributed by atoms with Crippen molar-refractivity contribution in [1.29, 1.82) is 0 Å². The lowest BCUT2D eigenvalue weighted by molar-refractivity contribution is -0.0587. The lowest BCUT2D eigenvalue weighted by Crippen LogP contribution is -2.48. The number of carbonyl (C=O) groups excluding carboxylic acids is 2. The van der Waals surface area contributed by atoms with E-state index in [1.54, 1.807) is 16.7 Å². The summed E-state index contributed by atoms with van der Waals surface area (Å²) >= 11 is 0. The van der Waals surface area contributed by atoms with E-state index >= 15 is 0 Å². The Balaban J connectivity index is 1.55. The number of aryl methyl sites for hydroxylation is 1. The Morgan fingerprint density at radius 3 is 2.53 bits per heavy atom. The number of benzene rings is 1. The smallest absolute Gasteiger partial charge is 0.407 e. The van der Waals surface area contributed by atoms with E-state index in [1.807, 2.05) is 38.1 Å². The van der Waals surface area contributed by atoms with Crippen LogP contribution < -0.4 is 10.1 Å². The van der Waals surface area contributed by atoms with Gasteiger partial charge in [-0.2, -0.15) is 0 Å². The van der Waals surface area contributed by atoms with Crippen molar-refractivity contribution < 1.29 is 23.8 Å². The number of cyclic esters (lactones) is 1. The lowest BCUT2D eigenvalue weighted by atomic mass is 10.1. The van der Waals surface area contributed by atoms with Crippen LogP contribution in [0.3, 0.4) is 0 Å². The number of nitrogens with one attached hydrogen (secondary N) is 1. The quantitative estimate of drug-likeness (QED) is 0.690. The molecule has 10 heteroatoms. The summed E-state index contributed by atoms with van der Waals surface area (Å²) in [6.07, 6.45) is 0.776. The van der Waals surface area contributed by atoms with Crippen molar-refractivity contribution >= 4 is 12.0 Å². The zero-order valence-electron chi connectivity index (χ0n) is 18.6. The third kappa shape index (κ3) is 5.01. The molecule has 0 bridgehead atoms. The molecule has 1 aromatic heterocycles. The average molecular weight is 444 g/mol. The van der Waals surface area contributed by atoms with Crippen LogP contribution in [0, 0.1) is 0 Å². The summed E-state index contributed by atoms with van der Waals surface area (Å²) in [4.78, 5) is 26.5. The topological polar surface area (TPSA) is 108 Å². The molecule has 2 aromatic rings. The summed E-state index contributed by atoms with van der Waals surface area (Å²) in [5, 5.41) is 11.3. The third-order valence-corrected chi connectivity index (χ3v) is 5.69. The van der Waals surface area contributed by atoms with Crippen LogP contribution in [0.1, 0.15) is 35.6 Å². The van der Waals surface area contributed by atoms with Gasteiger partial charge in [-0.05, 0) is 44.4 Å². The minimum absolute atomic E-state index is 0.0358. The van der Waals surface area contributed by atoms with Crippen LogP contribution in [0.25, 0.3) is 0 Å². The van der Waals surface area contributed by atoms with Crippen molar-refractivity contribution in [2.45, 2.75) is 51.5 Å². The third-order valence-electron chi connectivity index (χ3n) is 5.69. The summed E-state index contributed by atoms with van der Waals surface area (Å²) in [7, 11) is 1.63. The average Bonchev–Trinajstić information content (AvgIpc) is 3.37. The van der Waals surface area contributed by atoms with Gasteiger partial charge in [-0.1, -0.05) is 17.3 Å². The fourth-order valence-corrected chi connectivity index (χ4v) is 4.17. The van der Waals surface area contributed by atoms with E-state index in [0.717, 1.165) is 17.0 Å². The molecular weight excluding hydrogens is 414 g/mol. The SMILES string of the molecule is COc1ccc(CCc2c(C(=O)N3C[C@@H](C)O[C@@H](C)C3)nnn2CC2COC(=O)N2)cc1. The molecule has 10 nitrogen and oxygen atoms in total. The predicted molar refractivity (Wildman–Crippen MR) is 115 cm³/mol. The standard InChI is InChI=1S/C22H29N5O5/c1-14-10-26(11-15(2)32-14)21(28)20-19(9-6-16-4-7-18(30-3)8-5-16)27(25-24-20)12-17-13-31-22(29)23-17/h4-5,7-8,14-15,17H,6,9-13H2,1-3H3,(H,23,29)/t14-,15+,17?. The molecule has 3 heterocycles. The normalized spacial score (nSPS) is 23.0. The maximum Gasteiger partial charge on any atom is 0.407 e. The largest absolute Gasteiger partial charge is 0.497 e. The monoisotopic (exact) mass is 443 g/mol. The summed E-state index contributed by atoms with van der Waals surface area (Å²) in [5.74, 6) is 0.651. The second-order valence-corrected chi connectivity index (χ2v) is 8.32. The summed E-state index contributed by atoms with van der Waals surface area (Å²) in [6.45, 7) is 5.60. The number of amides is 2. The van der Waals surface area contributed by atoms with Gasteiger partial charge in [0.25, 0.3) is 5.91 Å². The molecule has 4 rings (SSSR count). The Labute approximate surface area is 186 Å². The number of methoxy groups -OCH3 is 1. The van der Waals surface area contributed by atoms with Gasteiger partial charge in [-0.25, -0.2) is 9.48 Å². The molecular formula is C22H29N5O5. The van der Waals surface area contributed by atoms with Crippen LogP contribution in [0.15, 0.2) is 24.3 Å². The van der Waals surface area contributed by atoms with Crippen molar-refractivity contribution in [1.82, 2.24) is 25.2 Å². The molecule has 2 saturated heterocycles. The zero-order valence-corrected chi connectivity index (χ0v) is 18.6. The van der Waals surface area contributed by atoms with E-state index in [2.05, 4.69) is 15.6 Å². The molecule has 0 aliphatic carbocycles. The van der Waals surface area contributed by atoms with Gasteiger partial charge in [0, 0.05) is 13.1 Å². The number of hydrogen-bond acceptors (Lipinski definition) is 7. The molecule has 0 spiro atoms. The number of hydrogen-bond donors (Lipinski definition) is 1. The van der Waals surface area contributed by atoms with E-state index in [4.69, 9.17) is 14.2 Å². The Morgan fingerprint density at radius 2 is 1.91 bits per heavy atom. The molecule has 1 N–H and O–H groups in total. The van der Waals surface area contributed by atoms with E-state index in [-0.39, 0.29) is 30.8 Å². The first kappa shape index (κ1) is 22.1. The number of aromatic nitrogens is 3. The number of morpholine rings is 1. The van der Waals surface area contributed by atoms with Gasteiger partial charge in [-0.3, -0.25) is 4.79 Å². The fraction of sp³-hybridized carbons (Fsp3) is 0.545. The Hall–Kier alpha value is -3.14. The second kappa shape index (κ2) is 9.56. The summed E-state index contributed by atoms with van der Waals surface area (Å²) in [5.41, 5.74) is 2.21. The highest BCUT2D eigenvalue weighted by Crippen LogP contribution is 2.19. The molecule has 172 valence electrons. The molecule has 1 aromatic carbocycles. The van der Waals surface area contributed by atoms with Crippen molar-refractivity contribution in [2.24, 2.45) is 0 Å².